The molecule has 0 aromatic heterocycles. The Morgan fingerprint density at radius 1 is 1.13 bits per heavy atom. The van der Waals surface area contributed by atoms with Gasteiger partial charge in [-0.2, -0.15) is 0 Å². The largest absolute Gasteiger partial charge is 0.504 e. The van der Waals surface area contributed by atoms with Gasteiger partial charge in [-0.25, -0.2) is 4.79 Å². The maximum Gasteiger partial charge on any atom is 0.335 e. The number of phenolic OH excluding ortho intramolecular Hbond substituents is 1. The molecule has 2 aromatic rings. The molecule has 0 fully saturated rings. The lowest BCUT2D eigenvalue weighted by Crippen LogP contribution is -1.95. The third kappa shape index (κ3) is 4.03. The summed E-state index contributed by atoms with van der Waals surface area (Å²) in [6.45, 7) is 2.28. The maximum atomic E-state index is 10.8. The minimum Gasteiger partial charge on any atom is -0.504 e. The van der Waals surface area contributed by atoms with Gasteiger partial charge in [0.1, 0.15) is 5.75 Å². The average Bonchev–Trinajstić information content (AvgIpc) is 2.55. The van der Waals surface area contributed by atoms with E-state index in [1.807, 2.05) is 19.1 Å². The highest BCUT2D eigenvalue weighted by Crippen LogP contribution is 2.34. The number of methoxy groups -OCH3 is 1. The van der Waals surface area contributed by atoms with E-state index >= 15 is 0 Å². The summed E-state index contributed by atoms with van der Waals surface area (Å²) in [5.41, 5.74) is 1.84. The molecule has 2 rings (SSSR count). The summed E-state index contributed by atoms with van der Waals surface area (Å²) in [4.78, 5) is 10.8. The number of ether oxygens (including phenoxy) is 2. The highest BCUT2D eigenvalue weighted by Gasteiger charge is 2.09. The predicted molar refractivity (Wildman–Crippen MR) is 88.2 cm³/mol. The van der Waals surface area contributed by atoms with Gasteiger partial charge in [-0.1, -0.05) is 24.3 Å². The Balaban J connectivity index is 2.30. The van der Waals surface area contributed by atoms with Crippen LogP contribution in [0.3, 0.4) is 0 Å². The van der Waals surface area contributed by atoms with Crippen molar-refractivity contribution in [2.24, 2.45) is 0 Å². The summed E-state index contributed by atoms with van der Waals surface area (Å²) in [7, 11) is 1.52. The quantitative estimate of drug-likeness (QED) is 0.796. The van der Waals surface area contributed by atoms with E-state index in [2.05, 4.69) is 0 Å². The van der Waals surface area contributed by atoms with Gasteiger partial charge in [0.15, 0.2) is 11.5 Å². The minimum atomic E-state index is -0.956. The first-order valence-corrected chi connectivity index (χ1v) is 7.10. The van der Waals surface area contributed by atoms with E-state index in [1.165, 1.54) is 13.2 Å². The molecule has 120 valence electrons. The fourth-order valence-corrected chi connectivity index (χ4v) is 2.07. The molecule has 0 aliphatic heterocycles. The van der Waals surface area contributed by atoms with Crippen molar-refractivity contribution in [2.75, 3.05) is 13.7 Å². The monoisotopic (exact) mass is 314 g/mol. The number of hydrogen-bond donors (Lipinski definition) is 2. The molecule has 0 amide bonds. The average molecular weight is 314 g/mol. The van der Waals surface area contributed by atoms with Gasteiger partial charge in [-0.3, -0.25) is 0 Å². The molecule has 0 bridgehead atoms. The molecule has 0 heterocycles. The highest BCUT2D eigenvalue weighted by atomic mass is 16.5. The van der Waals surface area contributed by atoms with Crippen LogP contribution in [0, 0.1) is 0 Å². The fourth-order valence-electron chi connectivity index (χ4n) is 2.07. The molecule has 0 aliphatic carbocycles. The number of aromatic hydroxyl groups is 1. The van der Waals surface area contributed by atoms with Crippen LogP contribution in [0.4, 0.5) is 0 Å². The lowest BCUT2D eigenvalue weighted by Gasteiger charge is -2.10. The van der Waals surface area contributed by atoms with Gasteiger partial charge < -0.3 is 19.7 Å². The molecule has 5 nitrogen and oxygen atoms in total. The number of hydrogen-bond acceptors (Lipinski definition) is 4. The standard InChI is InChI=1S/C18H18O5/c1-3-23-17-10-14(16(22-2)11-15(17)19)9-6-12-4-7-13(8-5-12)18(20)21/h4-11,19H,3H2,1-2H3,(H,20,21). The number of aromatic carboxylic acids is 1. The Hall–Kier alpha value is -2.95. The zero-order valence-electron chi connectivity index (χ0n) is 12.9. The first-order chi connectivity index (χ1) is 11.0. The molecule has 0 radical (unpaired) electrons. The summed E-state index contributed by atoms with van der Waals surface area (Å²) < 4.78 is 10.6. The molecule has 0 spiro atoms. The van der Waals surface area contributed by atoms with Crippen molar-refractivity contribution < 1.29 is 24.5 Å². The van der Waals surface area contributed by atoms with Gasteiger partial charge in [0.2, 0.25) is 0 Å². The van der Waals surface area contributed by atoms with Crippen molar-refractivity contribution in [1.29, 1.82) is 0 Å². The third-order valence-electron chi connectivity index (χ3n) is 3.22. The van der Waals surface area contributed by atoms with Crippen molar-refractivity contribution >= 4 is 18.1 Å². The highest BCUT2D eigenvalue weighted by molar-refractivity contribution is 5.88. The molecule has 2 N–H and O–H groups in total. The van der Waals surface area contributed by atoms with Gasteiger partial charge in [-0.15, -0.1) is 0 Å². The number of benzene rings is 2. The molecule has 0 saturated heterocycles. The lowest BCUT2D eigenvalue weighted by atomic mass is 10.1. The van der Waals surface area contributed by atoms with Crippen molar-refractivity contribution in [2.45, 2.75) is 6.92 Å². The molecular weight excluding hydrogens is 296 g/mol. The third-order valence-corrected chi connectivity index (χ3v) is 3.22. The minimum absolute atomic E-state index is 0.0201. The lowest BCUT2D eigenvalue weighted by molar-refractivity contribution is 0.0697. The van der Waals surface area contributed by atoms with Crippen molar-refractivity contribution in [1.82, 2.24) is 0 Å². The van der Waals surface area contributed by atoms with Crippen LogP contribution in [0.15, 0.2) is 36.4 Å². The number of phenols is 1. The van der Waals surface area contributed by atoms with Crippen LogP contribution >= 0.6 is 0 Å². The number of carboxylic acid groups (broad SMARTS) is 1. The van der Waals surface area contributed by atoms with E-state index in [-0.39, 0.29) is 11.3 Å². The Morgan fingerprint density at radius 2 is 1.83 bits per heavy atom. The summed E-state index contributed by atoms with van der Waals surface area (Å²) >= 11 is 0. The van der Waals surface area contributed by atoms with Crippen molar-refractivity contribution in [3.8, 4) is 17.2 Å². The van der Waals surface area contributed by atoms with E-state index in [4.69, 9.17) is 14.6 Å². The first kappa shape index (κ1) is 16.4. The molecule has 0 saturated carbocycles. The van der Waals surface area contributed by atoms with Crippen LogP contribution in [0.25, 0.3) is 12.2 Å². The molecule has 2 aromatic carbocycles. The predicted octanol–water partition coefficient (Wildman–Crippen LogP) is 3.67. The van der Waals surface area contributed by atoms with Gasteiger partial charge in [-0.05, 0) is 30.7 Å². The van der Waals surface area contributed by atoms with Gasteiger partial charge in [0, 0.05) is 11.6 Å². The van der Waals surface area contributed by atoms with E-state index in [0.717, 1.165) is 11.1 Å². The van der Waals surface area contributed by atoms with E-state index in [0.29, 0.717) is 18.1 Å². The first-order valence-electron chi connectivity index (χ1n) is 7.10. The normalized spacial score (nSPS) is 10.7. The van der Waals surface area contributed by atoms with Crippen LogP contribution in [0.5, 0.6) is 17.2 Å². The van der Waals surface area contributed by atoms with Gasteiger partial charge in [0.25, 0.3) is 0 Å². The van der Waals surface area contributed by atoms with Crippen molar-refractivity contribution in [3.05, 3.63) is 53.1 Å². The topological polar surface area (TPSA) is 76.0 Å². The van der Waals surface area contributed by atoms with Gasteiger partial charge in [0.05, 0.1) is 19.3 Å². The summed E-state index contributed by atoms with van der Waals surface area (Å²) in [6, 6.07) is 9.72. The Bertz CT molecular complexity index is 717. The SMILES string of the molecule is CCOc1cc(C=Cc2ccc(C(=O)O)cc2)c(OC)cc1O. The second-order valence-electron chi connectivity index (χ2n) is 4.76. The summed E-state index contributed by atoms with van der Waals surface area (Å²) in [5, 5.41) is 18.7. The second kappa shape index (κ2) is 7.35. The molecule has 0 aliphatic rings. The molecule has 0 unspecified atom stereocenters. The summed E-state index contributed by atoms with van der Waals surface area (Å²) in [6.07, 6.45) is 3.65. The van der Waals surface area contributed by atoms with E-state index < -0.39 is 5.97 Å². The van der Waals surface area contributed by atoms with Crippen LogP contribution in [0.1, 0.15) is 28.4 Å². The number of carboxylic acids is 1. The Kier molecular flexibility index (Phi) is 5.25. The van der Waals surface area contributed by atoms with Crippen molar-refractivity contribution in [3.63, 3.8) is 0 Å². The smallest absolute Gasteiger partial charge is 0.335 e. The maximum absolute atomic E-state index is 10.8. The molecule has 0 atom stereocenters. The second-order valence-corrected chi connectivity index (χ2v) is 4.76. The molecule has 5 heteroatoms. The number of carbonyl (C=O) groups is 1. The number of rotatable bonds is 6. The fraction of sp³-hybridized carbons (Fsp3) is 0.167. The van der Waals surface area contributed by atoms with Crippen LogP contribution in [-0.2, 0) is 0 Å². The van der Waals surface area contributed by atoms with Crippen LogP contribution < -0.4 is 9.47 Å². The summed E-state index contributed by atoms with van der Waals surface area (Å²) in [5.74, 6) is -0.0349. The molecule has 23 heavy (non-hydrogen) atoms. The zero-order chi connectivity index (χ0) is 16.8. The Labute approximate surface area is 134 Å². The Morgan fingerprint density at radius 3 is 2.39 bits per heavy atom. The zero-order valence-corrected chi connectivity index (χ0v) is 12.9. The van der Waals surface area contributed by atoms with E-state index in [1.54, 1.807) is 30.3 Å². The molecular formula is C18H18O5. The van der Waals surface area contributed by atoms with Gasteiger partial charge >= 0.3 is 5.97 Å². The van der Waals surface area contributed by atoms with Crippen LogP contribution in [0.2, 0.25) is 0 Å². The van der Waals surface area contributed by atoms with Crippen LogP contribution in [-0.4, -0.2) is 29.9 Å². The van der Waals surface area contributed by atoms with E-state index in [9.17, 15) is 9.90 Å².